The Morgan fingerprint density at radius 1 is 1.06 bits per heavy atom. The predicted molar refractivity (Wildman–Crippen MR) is 113 cm³/mol. The number of imide groups is 1. The van der Waals surface area contributed by atoms with Crippen LogP contribution in [-0.4, -0.2) is 53.6 Å². The molecule has 8 heteroatoms. The highest BCUT2D eigenvalue weighted by Crippen LogP contribution is 2.25. The molecule has 1 aliphatic rings. The molecule has 4 amide bonds. The standard InChI is InChI=1S/C23H24FN3O4/c1-14(2)9-10-27-22(30)18-8-7-15(11-19(18)23(27)31)21(29)26(3)13-20(28)25-17-6-4-5-16(24)12-17/h4-8,11-12,14H,9-10,13H2,1-3H3,(H,25,28). The van der Waals surface area contributed by atoms with Gasteiger partial charge in [0, 0.05) is 24.8 Å². The number of likely N-dealkylation sites (N-methyl/N-ethyl adjacent to an activating group) is 1. The summed E-state index contributed by atoms with van der Waals surface area (Å²) in [6.07, 6.45) is 0.695. The second-order valence-electron chi connectivity index (χ2n) is 7.92. The van der Waals surface area contributed by atoms with Crippen molar-refractivity contribution in [1.82, 2.24) is 9.80 Å². The fourth-order valence-electron chi connectivity index (χ4n) is 3.29. The molecule has 0 fully saturated rings. The summed E-state index contributed by atoms with van der Waals surface area (Å²) in [6, 6.07) is 9.78. The second-order valence-corrected chi connectivity index (χ2v) is 7.92. The third-order valence-electron chi connectivity index (χ3n) is 4.98. The van der Waals surface area contributed by atoms with Crippen LogP contribution in [0.4, 0.5) is 10.1 Å². The Morgan fingerprint density at radius 2 is 1.77 bits per heavy atom. The fourth-order valence-corrected chi connectivity index (χ4v) is 3.29. The molecule has 0 unspecified atom stereocenters. The molecule has 7 nitrogen and oxygen atoms in total. The van der Waals surface area contributed by atoms with E-state index >= 15 is 0 Å². The molecule has 0 aliphatic carbocycles. The first-order valence-corrected chi connectivity index (χ1v) is 9.98. The summed E-state index contributed by atoms with van der Waals surface area (Å²) < 4.78 is 13.2. The zero-order chi connectivity index (χ0) is 22.7. The maximum absolute atomic E-state index is 13.2. The number of rotatable bonds is 7. The molecule has 1 heterocycles. The van der Waals surface area contributed by atoms with Gasteiger partial charge >= 0.3 is 0 Å². The van der Waals surface area contributed by atoms with Gasteiger partial charge in [-0.25, -0.2) is 4.39 Å². The van der Waals surface area contributed by atoms with Gasteiger partial charge in [-0.3, -0.25) is 24.1 Å². The lowest BCUT2D eigenvalue weighted by Gasteiger charge is -2.17. The number of hydrogen-bond acceptors (Lipinski definition) is 4. The molecule has 1 aliphatic heterocycles. The zero-order valence-electron chi connectivity index (χ0n) is 17.6. The van der Waals surface area contributed by atoms with Crippen molar-refractivity contribution in [1.29, 1.82) is 0 Å². The van der Waals surface area contributed by atoms with Crippen molar-refractivity contribution >= 4 is 29.3 Å². The number of amides is 4. The number of benzene rings is 2. The maximum Gasteiger partial charge on any atom is 0.261 e. The maximum atomic E-state index is 13.2. The number of fused-ring (bicyclic) bond motifs is 1. The third-order valence-corrected chi connectivity index (χ3v) is 4.98. The lowest BCUT2D eigenvalue weighted by atomic mass is 10.0. The number of nitrogens with zero attached hydrogens (tertiary/aromatic N) is 2. The quantitative estimate of drug-likeness (QED) is 0.691. The Hall–Kier alpha value is -3.55. The van der Waals surface area contributed by atoms with Gasteiger partial charge in [0.1, 0.15) is 5.82 Å². The molecule has 2 aromatic rings. The lowest BCUT2D eigenvalue weighted by Crippen LogP contribution is -2.35. The molecule has 0 saturated carbocycles. The first-order chi connectivity index (χ1) is 14.7. The number of anilines is 1. The SMILES string of the molecule is CC(C)CCN1C(=O)c2ccc(C(=O)N(C)CC(=O)Nc3cccc(F)c3)cc2C1=O. The van der Waals surface area contributed by atoms with Crippen molar-refractivity contribution in [2.75, 3.05) is 25.5 Å². The van der Waals surface area contributed by atoms with E-state index in [4.69, 9.17) is 0 Å². The average Bonchev–Trinajstić information content (AvgIpc) is 2.95. The normalized spacial score (nSPS) is 12.9. The summed E-state index contributed by atoms with van der Waals surface area (Å²) in [5.74, 6) is -1.88. The zero-order valence-corrected chi connectivity index (χ0v) is 17.6. The monoisotopic (exact) mass is 425 g/mol. The van der Waals surface area contributed by atoms with E-state index < -0.39 is 23.5 Å². The first kappa shape index (κ1) is 22.1. The van der Waals surface area contributed by atoms with Gasteiger partial charge in [-0.05, 0) is 48.7 Å². The minimum Gasteiger partial charge on any atom is -0.332 e. The van der Waals surface area contributed by atoms with E-state index in [-0.39, 0.29) is 34.8 Å². The largest absolute Gasteiger partial charge is 0.332 e. The minimum atomic E-state index is -0.492. The number of nitrogens with one attached hydrogen (secondary N) is 1. The third kappa shape index (κ3) is 4.96. The molecule has 0 bridgehead atoms. The number of halogens is 1. The molecule has 0 atom stereocenters. The van der Waals surface area contributed by atoms with Crippen LogP contribution in [0.15, 0.2) is 42.5 Å². The van der Waals surface area contributed by atoms with Crippen LogP contribution in [0.1, 0.15) is 51.3 Å². The van der Waals surface area contributed by atoms with E-state index in [0.717, 1.165) is 0 Å². The minimum absolute atomic E-state index is 0.192. The summed E-state index contributed by atoms with van der Waals surface area (Å²) in [6.45, 7) is 4.08. The van der Waals surface area contributed by atoms with E-state index in [1.54, 1.807) is 0 Å². The number of hydrogen-bond donors (Lipinski definition) is 1. The summed E-state index contributed by atoms with van der Waals surface area (Å²) in [7, 11) is 1.45. The molecule has 3 rings (SSSR count). The van der Waals surface area contributed by atoms with Crippen LogP contribution in [0.25, 0.3) is 0 Å². The van der Waals surface area contributed by atoms with E-state index in [9.17, 15) is 23.6 Å². The van der Waals surface area contributed by atoms with E-state index in [0.29, 0.717) is 18.9 Å². The smallest absolute Gasteiger partial charge is 0.261 e. The van der Waals surface area contributed by atoms with E-state index in [2.05, 4.69) is 5.32 Å². The average molecular weight is 425 g/mol. The van der Waals surface area contributed by atoms with Gasteiger partial charge in [0.2, 0.25) is 5.91 Å². The van der Waals surface area contributed by atoms with Crippen LogP contribution in [0.3, 0.4) is 0 Å². The van der Waals surface area contributed by atoms with Gasteiger partial charge in [0.25, 0.3) is 17.7 Å². The molecule has 162 valence electrons. The van der Waals surface area contributed by atoms with Crippen molar-refractivity contribution < 1.29 is 23.6 Å². The predicted octanol–water partition coefficient (Wildman–Crippen LogP) is 3.18. The highest BCUT2D eigenvalue weighted by molar-refractivity contribution is 6.22. The summed E-state index contributed by atoms with van der Waals surface area (Å²) in [5, 5.41) is 2.53. The molecule has 0 saturated heterocycles. The van der Waals surface area contributed by atoms with Crippen molar-refractivity contribution in [3.63, 3.8) is 0 Å². The molecule has 2 aromatic carbocycles. The van der Waals surface area contributed by atoms with Crippen molar-refractivity contribution in [2.24, 2.45) is 5.92 Å². The van der Waals surface area contributed by atoms with E-state index in [1.165, 1.54) is 59.3 Å². The molecule has 1 N–H and O–H groups in total. The molecular weight excluding hydrogens is 401 g/mol. The van der Waals surface area contributed by atoms with Gasteiger partial charge in [-0.2, -0.15) is 0 Å². The van der Waals surface area contributed by atoms with Crippen molar-refractivity contribution in [2.45, 2.75) is 20.3 Å². The van der Waals surface area contributed by atoms with Crippen LogP contribution in [-0.2, 0) is 4.79 Å². The highest BCUT2D eigenvalue weighted by atomic mass is 19.1. The Bertz CT molecular complexity index is 1050. The Kier molecular flexibility index (Phi) is 6.48. The van der Waals surface area contributed by atoms with Crippen molar-refractivity contribution in [3.05, 3.63) is 65.0 Å². The second kappa shape index (κ2) is 9.07. The van der Waals surface area contributed by atoms with Gasteiger partial charge < -0.3 is 10.2 Å². The van der Waals surface area contributed by atoms with Crippen LogP contribution in [0.5, 0.6) is 0 Å². The molecule has 0 radical (unpaired) electrons. The fraction of sp³-hybridized carbons (Fsp3) is 0.304. The van der Waals surface area contributed by atoms with E-state index in [1.807, 2.05) is 13.8 Å². The first-order valence-electron chi connectivity index (χ1n) is 9.98. The number of carbonyl (C=O) groups is 4. The topological polar surface area (TPSA) is 86.8 Å². The Labute approximate surface area is 179 Å². The molecule has 0 aromatic heterocycles. The summed E-state index contributed by atoms with van der Waals surface area (Å²) in [5.41, 5.74) is 0.953. The van der Waals surface area contributed by atoms with Crippen LogP contribution < -0.4 is 5.32 Å². The molecule has 31 heavy (non-hydrogen) atoms. The van der Waals surface area contributed by atoms with Crippen LogP contribution >= 0.6 is 0 Å². The molecule has 0 spiro atoms. The van der Waals surface area contributed by atoms with Crippen LogP contribution in [0, 0.1) is 11.7 Å². The van der Waals surface area contributed by atoms with Crippen molar-refractivity contribution in [3.8, 4) is 0 Å². The van der Waals surface area contributed by atoms with Gasteiger partial charge in [-0.15, -0.1) is 0 Å². The Balaban J connectivity index is 1.68. The highest BCUT2D eigenvalue weighted by Gasteiger charge is 2.36. The molecular formula is C23H24FN3O4. The summed E-state index contributed by atoms with van der Waals surface area (Å²) >= 11 is 0. The van der Waals surface area contributed by atoms with Gasteiger partial charge in [-0.1, -0.05) is 19.9 Å². The van der Waals surface area contributed by atoms with Crippen LogP contribution in [0.2, 0.25) is 0 Å². The lowest BCUT2D eigenvalue weighted by molar-refractivity contribution is -0.116. The summed E-state index contributed by atoms with van der Waals surface area (Å²) in [4.78, 5) is 52.5. The Morgan fingerprint density at radius 3 is 2.45 bits per heavy atom. The number of carbonyl (C=O) groups excluding carboxylic acids is 4. The van der Waals surface area contributed by atoms with Gasteiger partial charge in [0.05, 0.1) is 17.7 Å². The van der Waals surface area contributed by atoms with Gasteiger partial charge in [0.15, 0.2) is 0 Å².